The van der Waals surface area contributed by atoms with E-state index < -0.39 is 5.97 Å². The lowest BCUT2D eigenvalue weighted by molar-refractivity contribution is -0.136. The van der Waals surface area contributed by atoms with E-state index in [0.29, 0.717) is 5.02 Å². The average molecular weight is 229 g/mol. The Bertz CT molecular complexity index is 321. The van der Waals surface area contributed by atoms with Crippen molar-refractivity contribution in [3.05, 3.63) is 34.3 Å². The Morgan fingerprint density at radius 1 is 1.40 bits per heavy atom. The van der Waals surface area contributed by atoms with Crippen molar-refractivity contribution in [3.8, 4) is 0 Å². The van der Waals surface area contributed by atoms with Crippen molar-refractivity contribution in [3.63, 3.8) is 0 Å². The summed E-state index contributed by atoms with van der Waals surface area (Å²) in [6, 6.07) is 5.47. The van der Waals surface area contributed by atoms with Crippen molar-refractivity contribution in [1.29, 1.82) is 0 Å². The van der Waals surface area contributed by atoms with Crippen LogP contribution in [0.1, 0.15) is 31.9 Å². The van der Waals surface area contributed by atoms with Crippen molar-refractivity contribution in [2.75, 3.05) is 0 Å². The molecule has 15 heavy (non-hydrogen) atoms. The lowest BCUT2D eigenvalue weighted by Crippen LogP contribution is -2.03. The molecule has 0 heterocycles. The molecule has 0 aliphatic heterocycles. The predicted octanol–water partition coefficient (Wildman–Crippen LogP) is 3.56. The van der Waals surface area contributed by atoms with Gasteiger partial charge >= 0.3 is 5.97 Å². The minimum absolute atomic E-state index is 0.00282. The molecule has 1 rings (SSSR count). The van der Waals surface area contributed by atoms with Crippen LogP contribution in [-0.2, 0) is 17.6 Å². The fourth-order valence-corrected chi connectivity index (χ4v) is 1.54. The van der Waals surface area contributed by atoms with E-state index in [9.17, 15) is 4.79 Å². The summed E-state index contributed by atoms with van der Waals surface area (Å²) in [5.41, 5.74) is 1.74. The maximum Gasteiger partial charge on any atom is 0.307 e. The SMILES string of the molecule is CC.CCc1cccc(Cl)c1CC(=O)O. The number of rotatable bonds is 3. The van der Waals surface area contributed by atoms with Crippen LogP contribution in [0.3, 0.4) is 0 Å². The summed E-state index contributed by atoms with van der Waals surface area (Å²) < 4.78 is 0. The molecule has 0 saturated carbocycles. The molecular weight excluding hydrogens is 212 g/mol. The molecule has 1 N–H and O–H groups in total. The molecule has 0 spiro atoms. The second-order valence-corrected chi connectivity index (χ2v) is 3.21. The lowest BCUT2D eigenvalue weighted by Gasteiger charge is -2.06. The van der Waals surface area contributed by atoms with E-state index in [4.69, 9.17) is 16.7 Å². The summed E-state index contributed by atoms with van der Waals surface area (Å²) in [6.07, 6.45) is 0.812. The first-order valence-corrected chi connectivity index (χ1v) is 5.51. The molecule has 0 atom stereocenters. The zero-order valence-corrected chi connectivity index (χ0v) is 10.1. The van der Waals surface area contributed by atoms with Crippen LogP contribution in [0.15, 0.2) is 18.2 Å². The Morgan fingerprint density at radius 3 is 2.47 bits per heavy atom. The molecule has 0 amide bonds. The van der Waals surface area contributed by atoms with E-state index >= 15 is 0 Å². The summed E-state index contributed by atoms with van der Waals surface area (Å²) in [5, 5.41) is 9.20. The standard InChI is InChI=1S/C10H11ClO2.C2H6/c1-2-7-4-3-5-9(11)8(7)6-10(12)13;1-2/h3-5H,2,6H2,1H3,(H,12,13);1-2H3. The van der Waals surface area contributed by atoms with Gasteiger partial charge < -0.3 is 5.11 Å². The molecule has 3 heteroatoms. The highest BCUT2D eigenvalue weighted by atomic mass is 35.5. The number of benzene rings is 1. The summed E-state index contributed by atoms with van der Waals surface area (Å²) in [5.74, 6) is -0.845. The Labute approximate surface area is 95.9 Å². The van der Waals surface area contributed by atoms with Gasteiger partial charge in [-0.2, -0.15) is 0 Å². The highest BCUT2D eigenvalue weighted by molar-refractivity contribution is 6.31. The Hall–Kier alpha value is -1.02. The number of halogens is 1. The zero-order valence-electron chi connectivity index (χ0n) is 9.38. The van der Waals surface area contributed by atoms with Gasteiger partial charge in [-0.15, -0.1) is 0 Å². The molecule has 0 saturated heterocycles. The molecular formula is C12H17ClO2. The van der Waals surface area contributed by atoms with Crippen molar-refractivity contribution in [1.82, 2.24) is 0 Å². The Morgan fingerprint density at radius 2 is 2.00 bits per heavy atom. The number of aliphatic carboxylic acids is 1. The van der Waals surface area contributed by atoms with Gasteiger partial charge in [0.05, 0.1) is 6.42 Å². The topological polar surface area (TPSA) is 37.3 Å². The quantitative estimate of drug-likeness (QED) is 0.859. The Kier molecular flexibility index (Phi) is 6.80. The van der Waals surface area contributed by atoms with Gasteiger partial charge in [0.1, 0.15) is 0 Å². The molecule has 1 aromatic rings. The first-order valence-electron chi connectivity index (χ1n) is 5.13. The van der Waals surface area contributed by atoms with Gasteiger partial charge in [0.25, 0.3) is 0 Å². The fraction of sp³-hybridized carbons (Fsp3) is 0.417. The van der Waals surface area contributed by atoms with Gasteiger partial charge in [-0.05, 0) is 23.6 Å². The van der Waals surface area contributed by atoms with Crippen molar-refractivity contribution < 1.29 is 9.90 Å². The normalized spacial score (nSPS) is 9.07. The number of hydrogen-bond donors (Lipinski definition) is 1. The summed E-state index contributed by atoms with van der Waals surface area (Å²) in [4.78, 5) is 10.5. The molecule has 0 bridgehead atoms. The fourth-order valence-electron chi connectivity index (χ4n) is 1.28. The van der Waals surface area contributed by atoms with Crippen LogP contribution in [-0.4, -0.2) is 11.1 Å². The summed E-state index contributed by atoms with van der Waals surface area (Å²) >= 11 is 5.89. The summed E-state index contributed by atoms with van der Waals surface area (Å²) in [7, 11) is 0. The van der Waals surface area contributed by atoms with E-state index in [1.165, 1.54) is 0 Å². The van der Waals surface area contributed by atoms with Gasteiger partial charge in [-0.3, -0.25) is 4.79 Å². The van der Waals surface area contributed by atoms with Gasteiger partial charge in [0, 0.05) is 5.02 Å². The second-order valence-electron chi connectivity index (χ2n) is 2.80. The molecule has 0 aliphatic carbocycles. The van der Waals surface area contributed by atoms with Crippen molar-refractivity contribution >= 4 is 17.6 Å². The molecule has 0 aromatic heterocycles. The minimum atomic E-state index is -0.845. The van der Waals surface area contributed by atoms with Crippen LogP contribution in [0.2, 0.25) is 5.02 Å². The van der Waals surface area contributed by atoms with Gasteiger partial charge in [0.15, 0.2) is 0 Å². The molecule has 0 unspecified atom stereocenters. The van der Waals surface area contributed by atoms with E-state index in [0.717, 1.165) is 17.5 Å². The van der Waals surface area contributed by atoms with E-state index in [-0.39, 0.29) is 6.42 Å². The maximum atomic E-state index is 10.5. The molecule has 0 aliphatic rings. The number of carboxylic acids is 1. The monoisotopic (exact) mass is 228 g/mol. The molecule has 84 valence electrons. The van der Waals surface area contributed by atoms with Crippen molar-refractivity contribution in [2.45, 2.75) is 33.6 Å². The lowest BCUT2D eigenvalue weighted by atomic mass is 10.0. The first kappa shape index (κ1) is 14.0. The summed E-state index contributed by atoms with van der Waals surface area (Å²) in [6.45, 7) is 5.98. The van der Waals surface area contributed by atoms with Crippen LogP contribution in [0.25, 0.3) is 0 Å². The molecule has 2 nitrogen and oxygen atoms in total. The van der Waals surface area contributed by atoms with Gasteiger partial charge in [-0.25, -0.2) is 0 Å². The highest BCUT2D eigenvalue weighted by Gasteiger charge is 2.08. The highest BCUT2D eigenvalue weighted by Crippen LogP contribution is 2.20. The molecule has 0 fully saturated rings. The first-order chi connectivity index (χ1) is 7.15. The maximum absolute atomic E-state index is 10.5. The van der Waals surface area contributed by atoms with Crippen LogP contribution >= 0.6 is 11.6 Å². The number of carbonyl (C=O) groups is 1. The Balaban J connectivity index is 0.000000921. The largest absolute Gasteiger partial charge is 0.481 e. The second kappa shape index (κ2) is 7.30. The average Bonchev–Trinajstić information content (AvgIpc) is 2.23. The third-order valence-corrected chi connectivity index (χ3v) is 2.28. The van der Waals surface area contributed by atoms with E-state index in [1.807, 2.05) is 32.9 Å². The molecule has 1 aromatic carbocycles. The number of hydrogen-bond acceptors (Lipinski definition) is 1. The van der Waals surface area contributed by atoms with Crippen LogP contribution in [0.5, 0.6) is 0 Å². The van der Waals surface area contributed by atoms with Crippen LogP contribution < -0.4 is 0 Å². The van der Waals surface area contributed by atoms with E-state index in [2.05, 4.69) is 0 Å². The van der Waals surface area contributed by atoms with Crippen LogP contribution in [0.4, 0.5) is 0 Å². The third-order valence-electron chi connectivity index (χ3n) is 1.92. The predicted molar refractivity (Wildman–Crippen MR) is 63.5 cm³/mol. The number of carboxylic acid groups (broad SMARTS) is 1. The third kappa shape index (κ3) is 4.34. The van der Waals surface area contributed by atoms with Crippen LogP contribution in [0, 0.1) is 0 Å². The smallest absolute Gasteiger partial charge is 0.307 e. The molecule has 0 radical (unpaired) electrons. The number of aryl methyl sites for hydroxylation is 1. The van der Waals surface area contributed by atoms with Gasteiger partial charge in [-0.1, -0.05) is 44.5 Å². The zero-order chi connectivity index (χ0) is 11.8. The van der Waals surface area contributed by atoms with Crippen molar-refractivity contribution in [2.24, 2.45) is 0 Å². The van der Waals surface area contributed by atoms with E-state index in [1.54, 1.807) is 6.07 Å². The van der Waals surface area contributed by atoms with Gasteiger partial charge in [0.2, 0.25) is 0 Å². The minimum Gasteiger partial charge on any atom is -0.481 e.